The Kier molecular flexibility index (Phi) is 6.45. The first kappa shape index (κ1) is 18.7. The summed E-state index contributed by atoms with van der Waals surface area (Å²) in [5.41, 5.74) is 0. The number of hydrogen-bond acceptors (Lipinski definition) is 6. The van der Waals surface area contributed by atoms with Gasteiger partial charge in [-0.1, -0.05) is 23.9 Å². The molecule has 3 rings (SSSR count). The van der Waals surface area contributed by atoms with Gasteiger partial charge in [-0.05, 0) is 30.7 Å². The van der Waals surface area contributed by atoms with Gasteiger partial charge in [-0.25, -0.2) is 4.79 Å². The van der Waals surface area contributed by atoms with Gasteiger partial charge >= 0.3 is 6.03 Å². The van der Waals surface area contributed by atoms with Crippen LogP contribution in [-0.4, -0.2) is 39.0 Å². The molecule has 1 aliphatic carbocycles. The topological polar surface area (TPSA) is 88.9 Å². The van der Waals surface area contributed by atoms with Crippen molar-refractivity contribution >= 4 is 35.0 Å². The second-order valence-corrected chi connectivity index (χ2v) is 7.91. The van der Waals surface area contributed by atoms with E-state index in [9.17, 15) is 9.59 Å². The van der Waals surface area contributed by atoms with Gasteiger partial charge in [0.05, 0.1) is 5.75 Å². The molecule has 0 aliphatic heterocycles. The van der Waals surface area contributed by atoms with E-state index in [1.807, 2.05) is 22.1 Å². The number of carbonyl (C=O) groups is 2. The Hall–Kier alpha value is -2.13. The average Bonchev–Trinajstić information content (AvgIpc) is 3.17. The van der Waals surface area contributed by atoms with Gasteiger partial charge in [-0.3, -0.25) is 10.1 Å². The molecule has 138 valence electrons. The normalized spacial score (nSPS) is 13.4. The Labute approximate surface area is 160 Å². The first-order chi connectivity index (χ1) is 12.7. The Bertz CT molecular complexity index is 768. The summed E-state index contributed by atoms with van der Waals surface area (Å²) in [5.74, 6) is 1.18. The van der Waals surface area contributed by atoms with Gasteiger partial charge in [0.2, 0.25) is 5.91 Å². The molecule has 1 fully saturated rings. The number of urea groups is 1. The summed E-state index contributed by atoms with van der Waals surface area (Å²) in [6.45, 7) is 4.87. The van der Waals surface area contributed by atoms with Crippen LogP contribution in [0.3, 0.4) is 0 Å². The quantitative estimate of drug-likeness (QED) is 0.507. The van der Waals surface area contributed by atoms with Gasteiger partial charge in [0.15, 0.2) is 5.16 Å². The van der Waals surface area contributed by atoms with E-state index in [2.05, 4.69) is 27.4 Å². The van der Waals surface area contributed by atoms with E-state index in [4.69, 9.17) is 0 Å². The maximum atomic E-state index is 12.0. The maximum Gasteiger partial charge on any atom is 0.321 e. The number of nitrogens with one attached hydrogen (secondary N) is 2. The average molecular weight is 392 g/mol. The molecule has 26 heavy (non-hydrogen) atoms. The number of thiophene rings is 1. The molecule has 0 radical (unpaired) electrons. The van der Waals surface area contributed by atoms with E-state index in [0.717, 1.165) is 25.1 Å². The highest BCUT2D eigenvalue weighted by molar-refractivity contribution is 7.99. The van der Waals surface area contributed by atoms with Gasteiger partial charge in [0, 0.05) is 23.9 Å². The Balaban J connectivity index is 1.42. The summed E-state index contributed by atoms with van der Waals surface area (Å²) in [6, 6.07) is 3.51. The van der Waals surface area contributed by atoms with Crippen LogP contribution in [0.4, 0.5) is 4.79 Å². The van der Waals surface area contributed by atoms with Crippen LogP contribution in [0.5, 0.6) is 0 Å². The summed E-state index contributed by atoms with van der Waals surface area (Å²) in [6.07, 6.45) is 4.81. The smallest absolute Gasteiger partial charge is 0.321 e. The molecule has 1 aliphatic rings. The fourth-order valence-corrected chi connectivity index (χ4v) is 3.91. The number of hydrogen-bond donors (Lipinski definition) is 2. The highest BCUT2D eigenvalue weighted by atomic mass is 32.2. The second kappa shape index (κ2) is 9.00. The zero-order valence-electron chi connectivity index (χ0n) is 14.3. The zero-order chi connectivity index (χ0) is 18.4. The lowest BCUT2D eigenvalue weighted by atomic mass is 10.3. The lowest BCUT2D eigenvalue weighted by Gasteiger charge is -2.08. The van der Waals surface area contributed by atoms with Crippen LogP contribution in [0.25, 0.3) is 0 Å². The van der Waals surface area contributed by atoms with Crippen molar-refractivity contribution in [1.82, 2.24) is 25.4 Å². The van der Waals surface area contributed by atoms with Gasteiger partial charge in [0.1, 0.15) is 5.82 Å². The first-order valence-electron chi connectivity index (χ1n) is 8.44. The Morgan fingerprint density at radius 2 is 2.27 bits per heavy atom. The van der Waals surface area contributed by atoms with Gasteiger partial charge in [-0.15, -0.1) is 28.1 Å². The van der Waals surface area contributed by atoms with Crippen molar-refractivity contribution in [3.8, 4) is 0 Å². The van der Waals surface area contributed by atoms with Gasteiger partial charge in [0.25, 0.3) is 0 Å². The predicted molar refractivity (Wildman–Crippen MR) is 102 cm³/mol. The fourth-order valence-electron chi connectivity index (χ4n) is 2.44. The molecular weight excluding hydrogens is 370 g/mol. The van der Waals surface area contributed by atoms with Crippen molar-refractivity contribution in [2.45, 2.75) is 36.9 Å². The Morgan fingerprint density at radius 1 is 1.42 bits per heavy atom. The molecule has 2 N–H and O–H groups in total. The minimum atomic E-state index is -0.474. The molecule has 7 nitrogen and oxygen atoms in total. The molecule has 2 heterocycles. The van der Waals surface area contributed by atoms with E-state index >= 15 is 0 Å². The van der Waals surface area contributed by atoms with Crippen LogP contribution in [0, 0.1) is 0 Å². The van der Waals surface area contributed by atoms with Crippen LogP contribution in [0.15, 0.2) is 35.3 Å². The third-order valence-corrected chi connectivity index (χ3v) is 5.72. The third-order valence-electron chi connectivity index (χ3n) is 3.82. The van der Waals surface area contributed by atoms with Crippen molar-refractivity contribution in [3.05, 3.63) is 40.9 Å². The van der Waals surface area contributed by atoms with E-state index in [1.54, 1.807) is 17.4 Å². The molecule has 3 amide bonds. The van der Waals surface area contributed by atoms with Crippen LogP contribution < -0.4 is 10.6 Å². The number of allylic oxidation sites excluding steroid dienone is 1. The highest BCUT2D eigenvalue weighted by Gasteiger charge is 2.30. The number of nitrogens with zero attached hydrogens (tertiary/aromatic N) is 3. The minimum Gasteiger partial charge on any atom is -0.337 e. The van der Waals surface area contributed by atoms with Crippen molar-refractivity contribution in [1.29, 1.82) is 0 Å². The molecule has 1 saturated carbocycles. The Morgan fingerprint density at radius 3 is 2.96 bits per heavy atom. The lowest BCUT2D eigenvalue weighted by molar-refractivity contribution is -0.117. The van der Waals surface area contributed by atoms with E-state index in [1.165, 1.54) is 16.6 Å². The number of rotatable bonds is 9. The molecule has 0 unspecified atom stereocenters. The maximum absolute atomic E-state index is 12.0. The molecule has 0 atom stereocenters. The van der Waals surface area contributed by atoms with Gasteiger partial charge in [-0.2, -0.15) is 0 Å². The van der Waals surface area contributed by atoms with Crippen molar-refractivity contribution in [3.63, 3.8) is 0 Å². The van der Waals surface area contributed by atoms with E-state index < -0.39 is 6.03 Å². The summed E-state index contributed by atoms with van der Waals surface area (Å²) < 4.78 is 1.99. The largest absolute Gasteiger partial charge is 0.337 e. The predicted octanol–water partition coefficient (Wildman–Crippen LogP) is 2.56. The molecule has 2 aromatic heterocycles. The van der Waals surface area contributed by atoms with Gasteiger partial charge < -0.3 is 9.88 Å². The monoisotopic (exact) mass is 391 g/mol. The van der Waals surface area contributed by atoms with Crippen molar-refractivity contribution < 1.29 is 9.59 Å². The van der Waals surface area contributed by atoms with E-state index in [0.29, 0.717) is 24.2 Å². The van der Waals surface area contributed by atoms with Crippen LogP contribution in [0.1, 0.15) is 29.5 Å². The fraction of sp³-hybridized carbons (Fsp3) is 0.412. The number of thioether (sulfide) groups is 1. The lowest BCUT2D eigenvalue weighted by Crippen LogP contribution is -2.41. The summed E-state index contributed by atoms with van der Waals surface area (Å²) >= 11 is 2.92. The molecule has 9 heteroatoms. The number of carbonyl (C=O) groups excluding carboxylic acids is 2. The molecule has 2 aromatic rings. The third kappa shape index (κ3) is 5.18. The summed E-state index contributed by atoms with van der Waals surface area (Å²) in [7, 11) is 0. The van der Waals surface area contributed by atoms with Crippen LogP contribution in [-0.2, 0) is 17.8 Å². The highest BCUT2D eigenvalue weighted by Crippen LogP contribution is 2.40. The molecule has 0 aromatic carbocycles. The number of aromatic nitrogens is 3. The first-order valence-corrected chi connectivity index (χ1v) is 10.3. The van der Waals surface area contributed by atoms with E-state index in [-0.39, 0.29) is 11.7 Å². The summed E-state index contributed by atoms with van der Waals surface area (Å²) in [4.78, 5) is 24.9. The van der Waals surface area contributed by atoms with Crippen molar-refractivity contribution in [2.75, 3.05) is 12.3 Å². The second-order valence-electron chi connectivity index (χ2n) is 5.94. The molecule has 0 spiro atoms. The number of imide groups is 1. The van der Waals surface area contributed by atoms with Crippen LogP contribution in [0.2, 0.25) is 0 Å². The number of amides is 3. The minimum absolute atomic E-state index is 0.109. The summed E-state index contributed by atoms with van der Waals surface area (Å²) in [5, 5.41) is 16.1. The molecule has 0 bridgehead atoms. The SMILES string of the molecule is C=CCn1c(SCC(=O)NC(=O)NCCc2cccs2)nnc1C1CC1. The van der Waals surface area contributed by atoms with Crippen molar-refractivity contribution in [2.24, 2.45) is 0 Å². The standard InChI is InChI=1S/C17H21N5O2S2/c1-2-9-22-15(12-5-6-12)20-21-17(22)26-11-14(23)19-16(24)18-8-7-13-4-3-10-25-13/h2-4,10,12H,1,5-9,11H2,(H2,18,19,23,24). The zero-order valence-corrected chi connectivity index (χ0v) is 15.9. The molecule has 0 saturated heterocycles. The van der Waals surface area contributed by atoms with Crippen LogP contribution >= 0.6 is 23.1 Å². The molecular formula is C17H21N5O2S2.